The molecular formula is C14H25NO2S. The number of carbonyl (C=O) groups is 1. The quantitative estimate of drug-likeness (QED) is 0.769. The van der Waals surface area contributed by atoms with E-state index in [0.29, 0.717) is 5.41 Å². The molecule has 0 bridgehead atoms. The molecule has 1 saturated carbocycles. The predicted molar refractivity (Wildman–Crippen MR) is 75.8 cm³/mol. The molecule has 0 amide bonds. The molecule has 1 spiro atoms. The van der Waals surface area contributed by atoms with Gasteiger partial charge < -0.3 is 5.11 Å². The summed E-state index contributed by atoms with van der Waals surface area (Å²) in [6.07, 6.45) is 5.95. The molecule has 3 nitrogen and oxygen atoms in total. The third-order valence-corrected chi connectivity index (χ3v) is 6.09. The number of nitrogens with one attached hydrogen (secondary N) is 1. The molecule has 0 radical (unpaired) electrons. The molecule has 1 aliphatic heterocycles. The molecule has 1 heterocycles. The van der Waals surface area contributed by atoms with Crippen molar-refractivity contribution in [1.29, 1.82) is 0 Å². The van der Waals surface area contributed by atoms with Crippen molar-refractivity contribution >= 4 is 17.7 Å². The summed E-state index contributed by atoms with van der Waals surface area (Å²) < 4.78 is 0. The first-order valence-electron chi connectivity index (χ1n) is 6.97. The summed E-state index contributed by atoms with van der Waals surface area (Å²) in [4.78, 5) is 11.1. The summed E-state index contributed by atoms with van der Waals surface area (Å²) in [6, 6.07) is -0.346. The summed E-state index contributed by atoms with van der Waals surface area (Å²) in [7, 11) is 0. The number of hydrogen-bond donors (Lipinski definition) is 2. The minimum Gasteiger partial charge on any atom is -0.480 e. The van der Waals surface area contributed by atoms with Gasteiger partial charge in [0.05, 0.1) is 4.87 Å². The maximum absolute atomic E-state index is 11.1. The molecule has 2 rings (SSSR count). The molecule has 0 aromatic rings. The van der Waals surface area contributed by atoms with E-state index in [1.54, 1.807) is 0 Å². The zero-order chi connectivity index (χ0) is 13.4. The molecular weight excluding hydrogens is 246 g/mol. The highest BCUT2D eigenvalue weighted by molar-refractivity contribution is 8.00. The van der Waals surface area contributed by atoms with Crippen LogP contribution in [0.15, 0.2) is 0 Å². The van der Waals surface area contributed by atoms with Crippen molar-refractivity contribution in [3.8, 4) is 0 Å². The van der Waals surface area contributed by atoms with E-state index in [1.165, 1.54) is 19.3 Å². The number of aliphatic carboxylic acids is 1. The minimum atomic E-state index is -0.698. The molecule has 2 N–H and O–H groups in total. The first-order valence-corrected chi connectivity index (χ1v) is 7.95. The Morgan fingerprint density at radius 2 is 2.06 bits per heavy atom. The highest BCUT2D eigenvalue weighted by Gasteiger charge is 2.43. The molecule has 2 aliphatic rings. The molecule has 104 valence electrons. The van der Waals surface area contributed by atoms with E-state index in [1.807, 2.05) is 11.8 Å². The molecule has 1 aliphatic carbocycles. The Balaban J connectivity index is 1.99. The van der Waals surface area contributed by atoms with E-state index in [2.05, 4.69) is 26.1 Å². The average molecular weight is 271 g/mol. The lowest BCUT2D eigenvalue weighted by molar-refractivity contribution is -0.138. The summed E-state index contributed by atoms with van der Waals surface area (Å²) >= 11 is 1.84. The smallest absolute Gasteiger partial charge is 0.321 e. The Morgan fingerprint density at radius 1 is 1.33 bits per heavy atom. The van der Waals surface area contributed by atoms with Crippen molar-refractivity contribution in [2.24, 2.45) is 11.3 Å². The monoisotopic (exact) mass is 271 g/mol. The van der Waals surface area contributed by atoms with Crippen molar-refractivity contribution < 1.29 is 9.90 Å². The summed E-state index contributed by atoms with van der Waals surface area (Å²) in [5, 5.41) is 12.5. The minimum absolute atomic E-state index is 0.0447. The highest BCUT2D eigenvalue weighted by Crippen LogP contribution is 2.46. The molecule has 2 unspecified atom stereocenters. The van der Waals surface area contributed by atoms with E-state index in [-0.39, 0.29) is 10.9 Å². The molecule has 1 saturated heterocycles. The van der Waals surface area contributed by atoms with Crippen LogP contribution in [0, 0.1) is 11.3 Å². The first-order chi connectivity index (χ1) is 8.32. The van der Waals surface area contributed by atoms with Crippen LogP contribution in [0.2, 0.25) is 0 Å². The van der Waals surface area contributed by atoms with Crippen LogP contribution in [0.4, 0.5) is 0 Å². The number of hydrogen-bond acceptors (Lipinski definition) is 3. The van der Waals surface area contributed by atoms with Gasteiger partial charge in [-0.3, -0.25) is 10.1 Å². The van der Waals surface area contributed by atoms with Crippen molar-refractivity contribution in [2.75, 3.05) is 5.75 Å². The lowest BCUT2D eigenvalue weighted by atomic mass is 9.76. The zero-order valence-electron chi connectivity index (χ0n) is 11.7. The van der Waals surface area contributed by atoms with Gasteiger partial charge in [-0.1, -0.05) is 27.2 Å². The molecule has 0 aromatic carbocycles. The lowest BCUT2D eigenvalue weighted by Crippen LogP contribution is -2.44. The number of carboxylic acid groups (broad SMARTS) is 1. The van der Waals surface area contributed by atoms with Gasteiger partial charge >= 0.3 is 5.97 Å². The topological polar surface area (TPSA) is 49.3 Å². The van der Waals surface area contributed by atoms with Gasteiger partial charge in [0, 0.05) is 5.75 Å². The maximum Gasteiger partial charge on any atom is 0.321 e. The Kier molecular flexibility index (Phi) is 3.98. The van der Waals surface area contributed by atoms with Crippen LogP contribution >= 0.6 is 11.8 Å². The van der Waals surface area contributed by atoms with Gasteiger partial charge in [0.2, 0.25) is 0 Å². The van der Waals surface area contributed by atoms with Crippen LogP contribution in [-0.4, -0.2) is 27.7 Å². The molecule has 2 fully saturated rings. The van der Waals surface area contributed by atoms with Crippen LogP contribution in [-0.2, 0) is 4.79 Å². The molecule has 18 heavy (non-hydrogen) atoms. The van der Waals surface area contributed by atoms with Gasteiger partial charge in [0.15, 0.2) is 0 Å². The SMILES string of the molecule is CC(C)(C)C1CCCC2(CC1)N[C@@H](C(=O)O)CS2. The fourth-order valence-electron chi connectivity index (χ4n) is 3.24. The van der Waals surface area contributed by atoms with Gasteiger partial charge in [-0.05, 0) is 37.0 Å². The van der Waals surface area contributed by atoms with E-state index in [9.17, 15) is 4.79 Å². The van der Waals surface area contributed by atoms with E-state index in [4.69, 9.17) is 5.11 Å². The molecule has 0 aromatic heterocycles. The Bertz CT molecular complexity index is 326. The van der Waals surface area contributed by atoms with Crippen LogP contribution < -0.4 is 5.32 Å². The van der Waals surface area contributed by atoms with Gasteiger partial charge in [0.1, 0.15) is 6.04 Å². The van der Waals surface area contributed by atoms with Crippen LogP contribution in [0.3, 0.4) is 0 Å². The van der Waals surface area contributed by atoms with Gasteiger partial charge in [-0.25, -0.2) is 0 Å². The largest absolute Gasteiger partial charge is 0.480 e. The second kappa shape index (κ2) is 5.04. The van der Waals surface area contributed by atoms with Crippen molar-refractivity contribution in [3.05, 3.63) is 0 Å². The molecule has 4 heteroatoms. The number of thioether (sulfide) groups is 1. The van der Waals surface area contributed by atoms with Gasteiger partial charge in [-0.2, -0.15) is 0 Å². The highest BCUT2D eigenvalue weighted by atomic mass is 32.2. The second-order valence-electron chi connectivity index (χ2n) is 6.83. The normalized spacial score (nSPS) is 37.7. The van der Waals surface area contributed by atoms with Crippen LogP contribution in [0.5, 0.6) is 0 Å². The molecule has 3 atom stereocenters. The summed E-state index contributed by atoms with van der Waals surface area (Å²) in [6.45, 7) is 6.97. The average Bonchev–Trinajstić information content (AvgIpc) is 2.53. The van der Waals surface area contributed by atoms with Crippen molar-refractivity contribution in [2.45, 2.75) is 63.8 Å². The fourth-order valence-corrected chi connectivity index (χ4v) is 4.73. The lowest BCUT2D eigenvalue weighted by Gasteiger charge is -2.31. The standard InChI is InChI=1S/C14H25NO2S/c1-13(2,3)10-5-4-7-14(8-6-10)15-11(9-18-14)12(16)17/h10-11,15H,4-9H2,1-3H3,(H,16,17)/t10?,11-,14?/m1/s1. The number of carboxylic acids is 1. The Hall–Kier alpha value is -0.220. The first kappa shape index (κ1) is 14.2. The third kappa shape index (κ3) is 3.02. The Labute approximate surface area is 114 Å². The van der Waals surface area contributed by atoms with Crippen molar-refractivity contribution in [3.63, 3.8) is 0 Å². The van der Waals surface area contributed by atoms with Gasteiger partial charge in [-0.15, -0.1) is 11.8 Å². The van der Waals surface area contributed by atoms with Crippen molar-refractivity contribution in [1.82, 2.24) is 5.32 Å². The second-order valence-corrected chi connectivity index (χ2v) is 8.24. The number of rotatable bonds is 1. The predicted octanol–water partition coefficient (Wildman–Crippen LogP) is 3.10. The van der Waals surface area contributed by atoms with E-state index < -0.39 is 5.97 Å². The van der Waals surface area contributed by atoms with E-state index >= 15 is 0 Å². The fraction of sp³-hybridized carbons (Fsp3) is 0.929. The van der Waals surface area contributed by atoms with Crippen LogP contribution in [0.1, 0.15) is 52.9 Å². The Morgan fingerprint density at radius 3 is 2.61 bits per heavy atom. The third-order valence-electron chi connectivity index (χ3n) is 4.52. The summed E-state index contributed by atoms with van der Waals surface area (Å²) in [5.41, 5.74) is 0.376. The van der Waals surface area contributed by atoms with Gasteiger partial charge in [0.25, 0.3) is 0 Å². The zero-order valence-corrected chi connectivity index (χ0v) is 12.5. The van der Waals surface area contributed by atoms with Crippen LogP contribution in [0.25, 0.3) is 0 Å². The van der Waals surface area contributed by atoms with E-state index in [0.717, 1.165) is 24.5 Å². The summed E-state index contributed by atoms with van der Waals surface area (Å²) in [5.74, 6) is 0.786. The maximum atomic E-state index is 11.1.